The van der Waals surface area contributed by atoms with E-state index in [0.717, 1.165) is 4.57 Å². The Labute approximate surface area is 237 Å². The predicted octanol–water partition coefficient (Wildman–Crippen LogP) is 0.841. The third-order valence-electron chi connectivity index (χ3n) is 8.12. The number of imidazole rings is 1. The molecular formula is C27H37ClN6O6. The molecule has 1 aromatic carbocycles. The molecular weight excluding hydrogens is 540 g/mol. The fraction of sp³-hybridized carbons (Fsp3) is 0.556. The van der Waals surface area contributed by atoms with Gasteiger partial charge in [-0.15, -0.1) is 12.4 Å². The number of likely N-dealkylation sites (tertiary alicyclic amines) is 1. The van der Waals surface area contributed by atoms with E-state index in [1.807, 2.05) is 24.1 Å². The number of amides is 1. The molecule has 2 saturated heterocycles. The van der Waals surface area contributed by atoms with Crippen LogP contribution in [-0.4, -0.2) is 85.7 Å². The van der Waals surface area contributed by atoms with Gasteiger partial charge in [0.25, 0.3) is 11.5 Å². The van der Waals surface area contributed by atoms with E-state index < -0.39 is 28.5 Å². The molecule has 218 valence electrons. The van der Waals surface area contributed by atoms with Gasteiger partial charge in [0.2, 0.25) is 0 Å². The number of benzene rings is 1. The summed E-state index contributed by atoms with van der Waals surface area (Å²) in [5.74, 6) is 0.597. The van der Waals surface area contributed by atoms with Gasteiger partial charge in [-0.25, -0.2) is 9.78 Å². The number of hydrogen-bond donors (Lipinski definition) is 2. The lowest BCUT2D eigenvalue weighted by atomic mass is 9.75. The summed E-state index contributed by atoms with van der Waals surface area (Å²) < 4.78 is 16.1. The minimum Gasteiger partial charge on any atom is -0.492 e. The Kier molecular flexibility index (Phi) is 8.46. The molecule has 2 fully saturated rings. The number of carbonyl (C=O) groups is 1. The first-order valence-electron chi connectivity index (χ1n) is 13.2. The highest BCUT2D eigenvalue weighted by atomic mass is 35.5. The Morgan fingerprint density at radius 1 is 1.23 bits per heavy atom. The minimum atomic E-state index is -1.21. The van der Waals surface area contributed by atoms with Crippen LogP contribution in [0.2, 0.25) is 0 Å². The molecule has 2 N–H and O–H groups in total. The van der Waals surface area contributed by atoms with Crippen LogP contribution in [0.15, 0.2) is 40.2 Å². The van der Waals surface area contributed by atoms with Crippen molar-refractivity contribution in [2.45, 2.75) is 43.4 Å². The highest BCUT2D eigenvalue weighted by Crippen LogP contribution is 2.44. The zero-order valence-corrected chi connectivity index (χ0v) is 24.1. The lowest BCUT2D eigenvalue weighted by Crippen LogP contribution is -2.58. The fourth-order valence-electron chi connectivity index (χ4n) is 5.85. The normalized spacial score (nSPS) is 22.3. The van der Waals surface area contributed by atoms with Gasteiger partial charge in [-0.2, -0.15) is 0 Å². The molecule has 0 aliphatic carbocycles. The van der Waals surface area contributed by atoms with E-state index in [0.29, 0.717) is 56.8 Å². The Morgan fingerprint density at radius 3 is 2.62 bits per heavy atom. The summed E-state index contributed by atoms with van der Waals surface area (Å²) in [5, 5.41) is 14.7. The van der Waals surface area contributed by atoms with Gasteiger partial charge in [-0.3, -0.25) is 18.7 Å². The van der Waals surface area contributed by atoms with Crippen molar-refractivity contribution in [1.82, 2.24) is 28.9 Å². The lowest BCUT2D eigenvalue weighted by Gasteiger charge is -2.51. The van der Waals surface area contributed by atoms with Crippen LogP contribution in [0.4, 0.5) is 0 Å². The molecule has 13 heteroatoms. The topological polar surface area (TPSA) is 133 Å². The Morgan fingerprint density at radius 2 is 1.95 bits per heavy atom. The van der Waals surface area contributed by atoms with Crippen molar-refractivity contribution in [3.63, 3.8) is 0 Å². The first-order chi connectivity index (χ1) is 18.6. The quantitative estimate of drug-likeness (QED) is 0.413. The maximum absolute atomic E-state index is 13.2. The number of piperidine rings is 1. The van der Waals surface area contributed by atoms with Crippen molar-refractivity contribution in [3.8, 4) is 5.75 Å². The van der Waals surface area contributed by atoms with Gasteiger partial charge in [0.15, 0.2) is 11.2 Å². The average molecular weight is 577 g/mol. The molecule has 2 aliphatic rings. The van der Waals surface area contributed by atoms with E-state index in [2.05, 4.69) is 10.3 Å². The summed E-state index contributed by atoms with van der Waals surface area (Å²) in [5.41, 5.74) is -1.63. The number of nitrogens with zero attached hydrogens (tertiary/aromatic N) is 5. The first-order valence-corrected chi connectivity index (χ1v) is 13.2. The Bertz CT molecular complexity index is 1500. The van der Waals surface area contributed by atoms with Crippen molar-refractivity contribution < 1.29 is 19.4 Å². The van der Waals surface area contributed by atoms with Crippen LogP contribution >= 0.6 is 12.4 Å². The molecule has 1 amide bonds. The molecule has 0 radical (unpaired) electrons. The Hall–Kier alpha value is -3.19. The molecule has 0 bridgehead atoms. The van der Waals surface area contributed by atoms with Crippen molar-refractivity contribution in [2.75, 3.05) is 39.9 Å². The molecule has 1 spiro atoms. The smallest absolute Gasteiger partial charge is 0.332 e. The number of carbonyl (C=O) groups excluding carboxylic acids is 1. The third kappa shape index (κ3) is 5.28. The molecule has 3 aromatic rings. The number of aliphatic hydroxyl groups is 1. The average Bonchev–Trinajstić information content (AvgIpc) is 3.35. The van der Waals surface area contributed by atoms with Crippen LogP contribution in [0.1, 0.15) is 42.6 Å². The second kappa shape index (κ2) is 11.4. The van der Waals surface area contributed by atoms with Gasteiger partial charge < -0.3 is 29.4 Å². The molecule has 0 unspecified atom stereocenters. The first kappa shape index (κ1) is 29.8. The standard InChI is InChI=1S/C27H36N6O6.ClH/c1-26(37)16-27(39-15-20(26)33-17-29-22-21(33)24(35)31(4)25(36)30(22)3)8-11-32(12-9-27)23(34)18-6-5-7-19(14-18)38-13-10-28-2;/h5-7,14,17,20,28,37H,8-13,15-16H2,1-4H3;1H/t20-,26-;/m1./s1. The largest absolute Gasteiger partial charge is 0.492 e. The van der Waals surface area contributed by atoms with E-state index in [4.69, 9.17) is 9.47 Å². The third-order valence-corrected chi connectivity index (χ3v) is 8.12. The van der Waals surface area contributed by atoms with E-state index in [1.54, 1.807) is 30.7 Å². The number of likely N-dealkylation sites (N-methyl/N-ethyl adjacent to an activating group) is 1. The predicted molar refractivity (Wildman–Crippen MR) is 151 cm³/mol. The van der Waals surface area contributed by atoms with Crippen LogP contribution in [0.25, 0.3) is 11.2 Å². The molecule has 12 nitrogen and oxygen atoms in total. The number of ether oxygens (including phenoxy) is 2. The van der Waals surface area contributed by atoms with Crippen molar-refractivity contribution in [1.29, 1.82) is 0 Å². The van der Waals surface area contributed by atoms with Gasteiger partial charge in [-0.1, -0.05) is 6.07 Å². The summed E-state index contributed by atoms with van der Waals surface area (Å²) in [7, 11) is 4.84. The van der Waals surface area contributed by atoms with E-state index in [1.165, 1.54) is 17.9 Å². The highest BCUT2D eigenvalue weighted by Gasteiger charge is 2.50. The summed E-state index contributed by atoms with van der Waals surface area (Å²) in [6, 6.07) is 6.65. The monoisotopic (exact) mass is 576 g/mol. The lowest BCUT2D eigenvalue weighted by molar-refractivity contribution is -0.194. The number of hydrogen-bond acceptors (Lipinski definition) is 8. The van der Waals surface area contributed by atoms with Crippen LogP contribution in [0, 0.1) is 0 Å². The van der Waals surface area contributed by atoms with Crippen molar-refractivity contribution in [3.05, 3.63) is 57.0 Å². The van der Waals surface area contributed by atoms with Crippen LogP contribution in [-0.2, 0) is 18.8 Å². The fourth-order valence-corrected chi connectivity index (χ4v) is 5.85. The zero-order chi connectivity index (χ0) is 27.9. The van der Waals surface area contributed by atoms with Gasteiger partial charge in [0.1, 0.15) is 12.4 Å². The maximum Gasteiger partial charge on any atom is 0.332 e. The molecule has 40 heavy (non-hydrogen) atoms. The highest BCUT2D eigenvalue weighted by molar-refractivity contribution is 5.94. The molecule has 5 rings (SSSR count). The van der Waals surface area contributed by atoms with Crippen LogP contribution in [0.5, 0.6) is 5.75 Å². The number of halogens is 1. The van der Waals surface area contributed by atoms with Gasteiger partial charge in [0, 0.05) is 45.7 Å². The number of fused-ring (bicyclic) bond motifs is 1. The van der Waals surface area contributed by atoms with E-state index in [-0.39, 0.29) is 36.1 Å². The molecule has 2 aromatic heterocycles. The minimum absolute atomic E-state index is 0. The SMILES string of the molecule is CNCCOc1cccc(C(=O)N2CCC3(CC2)C[C@@](C)(O)[C@H](n2cnc4c2c(=O)n(C)c(=O)n4C)CO3)c1.Cl. The van der Waals surface area contributed by atoms with E-state index in [9.17, 15) is 19.5 Å². The number of aryl methyl sites for hydroxylation is 1. The maximum atomic E-state index is 13.2. The van der Waals surface area contributed by atoms with Gasteiger partial charge in [0.05, 0.1) is 30.2 Å². The van der Waals surface area contributed by atoms with Gasteiger partial charge >= 0.3 is 5.69 Å². The second-order valence-electron chi connectivity index (χ2n) is 10.8. The van der Waals surface area contributed by atoms with Crippen LogP contribution in [0.3, 0.4) is 0 Å². The van der Waals surface area contributed by atoms with Crippen LogP contribution < -0.4 is 21.3 Å². The zero-order valence-electron chi connectivity index (χ0n) is 23.3. The Balaban J connectivity index is 0.00000370. The number of rotatable bonds is 6. The second-order valence-corrected chi connectivity index (χ2v) is 10.8. The molecule has 2 atom stereocenters. The summed E-state index contributed by atoms with van der Waals surface area (Å²) in [6.07, 6.45) is 3.00. The number of aromatic nitrogens is 4. The number of nitrogens with one attached hydrogen (secondary N) is 1. The molecule has 4 heterocycles. The molecule has 0 saturated carbocycles. The van der Waals surface area contributed by atoms with E-state index >= 15 is 0 Å². The summed E-state index contributed by atoms with van der Waals surface area (Å²) in [6.45, 7) is 4.15. The van der Waals surface area contributed by atoms with Crippen molar-refractivity contribution in [2.24, 2.45) is 14.1 Å². The van der Waals surface area contributed by atoms with Gasteiger partial charge in [-0.05, 0) is 45.0 Å². The summed E-state index contributed by atoms with van der Waals surface area (Å²) in [4.78, 5) is 44.6. The summed E-state index contributed by atoms with van der Waals surface area (Å²) >= 11 is 0. The molecule has 2 aliphatic heterocycles. The van der Waals surface area contributed by atoms with Crippen molar-refractivity contribution >= 4 is 29.5 Å².